The molecule has 3 N–H and O–H groups in total. The molecule has 2 aromatic carbocycles. The summed E-state index contributed by atoms with van der Waals surface area (Å²) in [6.07, 6.45) is 0. The summed E-state index contributed by atoms with van der Waals surface area (Å²) in [5.74, 6) is -1.69. The number of benzene rings is 2. The van der Waals surface area contributed by atoms with Crippen LogP contribution in [0.5, 0.6) is 11.5 Å². The minimum atomic E-state index is -0.980. The predicted molar refractivity (Wildman–Crippen MR) is 100 cm³/mol. The Bertz CT molecular complexity index is 884. The second-order valence-electron chi connectivity index (χ2n) is 5.10. The molecule has 0 fully saturated rings. The van der Waals surface area contributed by atoms with Gasteiger partial charge in [0.1, 0.15) is 0 Å². The van der Waals surface area contributed by atoms with Crippen LogP contribution in [0.3, 0.4) is 0 Å². The van der Waals surface area contributed by atoms with E-state index < -0.39 is 11.8 Å². The van der Waals surface area contributed by atoms with Gasteiger partial charge in [0.15, 0.2) is 11.5 Å². The molecule has 2 amide bonds. The summed E-state index contributed by atoms with van der Waals surface area (Å²) in [5.41, 5.74) is 3.36. The number of amides is 2. The molecule has 0 heterocycles. The summed E-state index contributed by atoms with van der Waals surface area (Å²) in [5, 5.41) is 16.4. The second kappa shape index (κ2) is 8.55. The van der Waals surface area contributed by atoms with Crippen molar-refractivity contribution >= 4 is 46.4 Å². The lowest BCUT2D eigenvalue weighted by Gasteiger charge is -2.08. The van der Waals surface area contributed by atoms with Crippen molar-refractivity contribution in [2.75, 3.05) is 12.4 Å². The van der Waals surface area contributed by atoms with Crippen LogP contribution in [0, 0.1) is 0 Å². The fraction of sp³-hybridized carbons (Fsp3) is 0.118. The maximum atomic E-state index is 11.9. The van der Waals surface area contributed by atoms with Gasteiger partial charge in [0.2, 0.25) is 0 Å². The van der Waals surface area contributed by atoms with E-state index in [2.05, 4.69) is 15.8 Å². The molecule has 0 saturated heterocycles. The largest absolute Gasteiger partial charge is 0.504 e. The van der Waals surface area contributed by atoms with Gasteiger partial charge in [0, 0.05) is 10.6 Å². The van der Waals surface area contributed by atoms with Gasteiger partial charge in [-0.2, -0.15) is 5.10 Å². The Morgan fingerprint density at radius 1 is 1.12 bits per heavy atom. The predicted octanol–water partition coefficient (Wildman–Crippen LogP) is 3.19. The normalized spacial score (nSPS) is 11.0. The van der Waals surface area contributed by atoms with Crippen molar-refractivity contribution in [2.24, 2.45) is 5.10 Å². The van der Waals surface area contributed by atoms with Crippen molar-refractivity contribution < 1.29 is 19.4 Å². The maximum Gasteiger partial charge on any atom is 0.329 e. The van der Waals surface area contributed by atoms with Crippen molar-refractivity contribution in [1.29, 1.82) is 0 Å². The molecule has 0 aliphatic rings. The molecule has 0 radical (unpaired) electrons. The third kappa shape index (κ3) is 4.87. The number of aromatic hydroxyl groups is 1. The highest BCUT2D eigenvalue weighted by molar-refractivity contribution is 6.42. The molecule has 2 aromatic rings. The fourth-order valence-corrected chi connectivity index (χ4v) is 2.26. The zero-order chi connectivity index (χ0) is 19.3. The average molecular weight is 396 g/mol. The first kappa shape index (κ1) is 19.6. The number of anilines is 1. The minimum Gasteiger partial charge on any atom is -0.504 e. The van der Waals surface area contributed by atoms with Crippen LogP contribution in [0.25, 0.3) is 0 Å². The Labute approximate surface area is 159 Å². The van der Waals surface area contributed by atoms with E-state index in [4.69, 9.17) is 27.9 Å². The van der Waals surface area contributed by atoms with Crippen LogP contribution in [0.1, 0.15) is 12.5 Å². The Morgan fingerprint density at radius 3 is 2.54 bits per heavy atom. The van der Waals surface area contributed by atoms with Gasteiger partial charge in [-0.1, -0.05) is 23.2 Å². The molecule has 0 unspecified atom stereocenters. The highest BCUT2D eigenvalue weighted by atomic mass is 35.5. The molecule has 0 spiro atoms. The summed E-state index contributed by atoms with van der Waals surface area (Å²) in [4.78, 5) is 23.8. The minimum absolute atomic E-state index is 0.0223. The van der Waals surface area contributed by atoms with Crippen LogP contribution in [-0.2, 0) is 9.59 Å². The number of carbonyl (C=O) groups is 2. The van der Waals surface area contributed by atoms with Crippen LogP contribution in [0.2, 0.25) is 10.0 Å². The molecule has 136 valence electrons. The number of nitrogens with zero attached hydrogens (tertiary/aromatic N) is 1. The molecule has 0 aliphatic heterocycles. The number of hydrogen-bond donors (Lipinski definition) is 3. The van der Waals surface area contributed by atoms with Gasteiger partial charge in [0.05, 0.1) is 23.5 Å². The van der Waals surface area contributed by atoms with Crippen LogP contribution in [-0.4, -0.2) is 29.7 Å². The molecule has 7 nitrogen and oxygen atoms in total. The zero-order valence-corrected chi connectivity index (χ0v) is 15.4. The van der Waals surface area contributed by atoms with E-state index in [-0.39, 0.29) is 22.2 Å². The van der Waals surface area contributed by atoms with Crippen molar-refractivity contribution in [3.05, 3.63) is 52.0 Å². The summed E-state index contributed by atoms with van der Waals surface area (Å²) < 4.78 is 5.01. The van der Waals surface area contributed by atoms with Gasteiger partial charge in [-0.25, -0.2) is 5.43 Å². The summed E-state index contributed by atoms with van der Waals surface area (Å²) in [6.45, 7) is 1.62. The molecule has 2 rings (SSSR count). The number of methoxy groups -OCH3 is 1. The molecular weight excluding hydrogens is 381 g/mol. The number of hydrogen-bond acceptors (Lipinski definition) is 5. The Kier molecular flexibility index (Phi) is 6.43. The second-order valence-corrected chi connectivity index (χ2v) is 5.95. The first-order valence-corrected chi connectivity index (χ1v) is 8.05. The Balaban J connectivity index is 2.05. The van der Waals surface area contributed by atoms with E-state index in [1.54, 1.807) is 25.1 Å². The van der Waals surface area contributed by atoms with E-state index in [0.29, 0.717) is 16.3 Å². The zero-order valence-electron chi connectivity index (χ0n) is 13.8. The first-order chi connectivity index (χ1) is 12.3. The number of ether oxygens (including phenoxy) is 1. The molecule has 0 atom stereocenters. The number of rotatable bonds is 4. The standard InChI is InChI=1S/C17H15Cl2N3O4/c1-9(10-3-6-14(23)15(7-10)26-2)21-22-17(25)16(24)20-13-8-11(18)4-5-12(13)19/h3-8,23H,1-2H3,(H,20,24)(H,22,25). The topological polar surface area (TPSA) is 100 Å². The van der Waals surface area contributed by atoms with E-state index in [1.165, 1.54) is 25.3 Å². The first-order valence-electron chi connectivity index (χ1n) is 7.30. The molecule has 0 bridgehead atoms. The highest BCUT2D eigenvalue weighted by Crippen LogP contribution is 2.27. The van der Waals surface area contributed by atoms with Gasteiger partial charge < -0.3 is 15.2 Å². The SMILES string of the molecule is COc1cc(C(C)=NNC(=O)C(=O)Nc2cc(Cl)ccc2Cl)ccc1O. The number of phenolic OH excluding ortho intramolecular Hbond substituents is 1. The lowest BCUT2D eigenvalue weighted by Crippen LogP contribution is -2.33. The number of phenols is 1. The summed E-state index contributed by atoms with van der Waals surface area (Å²) in [7, 11) is 1.42. The van der Waals surface area contributed by atoms with E-state index in [1.807, 2.05) is 0 Å². The number of hydrazone groups is 1. The van der Waals surface area contributed by atoms with Gasteiger partial charge in [0.25, 0.3) is 0 Å². The van der Waals surface area contributed by atoms with Gasteiger partial charge in [-0.3, -0.25) is 9.59 Å². The van der Waals surface area contributed by atoms with Crippen LogP contribution in [0.15, 0.2) is 41.5 Å². The van der Waals surface area contributed by atoms with E-state index in [0.717, 1.165) is 0 Å². The number of carbonyl (C=O) groups excluding carboxylic acids is 2. The summed E-state index contributed by atoms with van der Waals surface area (Å²) >= 11 is 11.8. The highest BCUT2D eigenvalue weighted by Gasteiger charge is 2.15. The third-order valence-electron chi connectivity index (χ3n) is 3.31. The smallest absolute Gasteiger partial charge is 0.329 e. The van der Waals surface area contributed by atoms with Crippen molar-refractivity contribution in [2.45, 2.75) is 6.92 Å². The van der Waals surface area contributed by atoms with E-state index >= 15 is 0 Å². The van der Waals surface area contributed by atoms with Gasteiger partial charge in [-0.05, 0) is 43.3 Å². The number of halogens is 2. The van der Waals surface area contributed by atoms with Crippen LogP contribution < -0.4 is 15.5 Å². The lowest BCUT2D eigenvalue weighted by molar-refractivity contribution is -0.136. The third-order valence-corrected chi connectivity index (χ3v) is 3.87. The molecule has 9 heteroatoms. The quantitative estimate of drug-likeness (QED) is 0.420. The molecule has 0 aromatic heterocycles. The average Bonchev–Trinajstić information content (AvgIpc) is 2.62. The fourth-order valence-electron chi connectivity index (χ4n) is 1.92. The monoisotopic (exact) mass is 395 g/mol. The molecule has 0 saturated carbocycles. The maximum absolute atomic E-state index is 11.9. The Morgan fingerprint density at radius 2 is 1.85 bits per heavy atom. The van der Waals surface area contributed by atoms with E-state index in [9.17, 15) is 14.7 Å². The molecule has 0 aliphatic carbocycles. The Hall–Kier alpha value is -2.77. The summed E-state index contributed by atoms with van der Waals surface area (Å²) in [6, 6.07) is 9.05. The van der Waals surface area contributed by atoms with Gasteiger partial charge in [-0.15, -0.1) is 0 Å². The van der Waals surface area contributed by atoms with Crippen LogP contribution in [0.4, 0.5) is 5.69 Å². The molecule has 26 heavy (non-hydrogen) atoms. The van der Waals surface area contributed by atoms with Crippen molar-refractivity contribution in [3.63, 3.8) is 0 Å². The van der Waals surface area contributed by atoms with Crippen LogP contribution >= 0.6 is 23.2 Å². The van der Waals surface area contributed by atoms with Crippen molar-refractivity contribution in [1.82, 2.24) is 5.43 Å². The van der Waals surface area contributed by atoms with Gasteiger partial charge >= 0.3 is 11.8 Å². The molecular formula is C17H15Cl2N3O4. The lowest BCUT2D eigenvalue weighted by atomic mass is 10.1. The van der Waals surface area contributed by atoms with Crippen molar-refractivity contribution in [3.8, 4) is 11.5 Å². The number of nitrogens with one attached hydrogen (secondary N) is 2.